The molecule has 2 N–H and O–H groups in total. The van der Waals surface area contributed by atoms with E-state index in [1.807, 2.05) is 37.5 Å². The molecular weight excluding hydrogens is 254 g/mol. The van der Waals surface area contributed by atoms with Crippen LogP contribution in [0.4, 0.5) is 11.4 Å². The molecule has 0 saturated heterocycles. The molecule has 1 aromatic heterocycles. The number of aliphatic hydroxyl groups is 1. The third-order valence-electron chi connectivity index (χ3n) is 3.42. The predicted octanol–water partition coefficient (Wildman–Crippen LogP) is 1.70. The number of aromatic nitrogens is 1. The Morgan fingerprint density at radius 1 is 1.40 bits per heavy atom. The minimum atomic E-state index is -1.05. The van der Waals surface area contributed by atoms with E-state index in [0.717, 1.165) is 17.8 Å². The smallest absolute Gasteiger partial charge is 0.257 e. The second-order valence-corrected chi connectivity index (χ2v) is 4.88. The van der Waals surface area contributed by atoms with Crippen molar-refractivity contribution in [2.24, 2.45) is 0 Å². The van der Waals surface area contributed by atoms with E-state index in [2.05, 4.69) is 15.2 Å². The van der Waals surface area contributed by atoms with Gasteiger partial charge in [-0.25, -0.2) is 0 Å². The molecule has 0 bridgehead atoms. The SMILES string of the molecule is CN(Cc1cccnc1)c1ccc2c(c1)NC(=O)C2O. The Morgan fingerprint density at radius 3 is 3.00 bits per heavy atom. The van der Waals surface area contributed by atoms with Crippen molar-refractivity contribution in [2.45, 2.75) is 12.6 Å². The molecule has 3 rings (SSSR count). The minimum absolute atomic E-state index is 0.368. The molecule has 0 saturated carbocycles. The monoisotopic (exact) mass is 269 g/mol. The van der Waals surface area contributed by atoms with Crippen molar-refractivity contribution in [1.82, 2.24) is 4.98 Å². The Balaban J connectivity index is 1.82. The molecule has 0 spiro atoms. The molecule has 1 unspecified atom stereocenters. The highest BCUT2D eigenvalue weighted by atomic mass is 16.3. The second kappa shape index (κ2) is 4.94. The quantitative estimate of drug-likeness (QED) is 0.890. The number of carbonyl (C=O) groups excluding carboxylic acids is 1. The Labute approximate surface area is 116 Å². The van der Waals surface area contributed by atoms with Crippen molar-refractivity contribution in [1.29, 1.82) is 0 Å². The van der Waals surface area contributed by atoms with E-state index in [1.165, 1.54) is 0 Å². The molecule has 1 aromatic carbocycles. The van der Waals surface area contributed by atoms with Gasteiger partial charge in [-0.15, -0.1) is 0 Å². The number of fused-ring (bicyclic) bond motifs is 1. The number of hydrogen-bond donors (Lipinski definition) is 2. The van der Waals surface area contributed by atoms with Gasteiger partial charge in [0, 0.05) is 42.9 Å². The first-order valence-electron chi connectivity index (χ1n) is 6.38. The molecule has 1 amide bonds. The number of nitrogens with one attached hydrogen (secondary N) is 1. The number of hydrogen-bond acceptors (Lipinski definition) is 4. The Kier molecular flexibility index (Phi) is 3.12. The first-order valence-corrected chi connectivity index (χ1v) is 6.38. The fourth-order valence-corrected chi connectivity index (χ4v) is 2.33. The van der Waals surface area contributed by atoms with Gasteiger partial charge >= 0.3 is 0 Å². The topological polar surface area (TPSA) is 65.5 Å². The highest BCUT2D eigenvalue weighted by molar-refractivity contribution is 6.02. The first-order chi connectivity index (χ1) is 9.65. The van der Waals surface area contributed by atoms with E-state index in [0.29, 0.717) is 11.3 Å². The van der Waals surface area contributed by atoms with E-state index in [4.69, 9.17) is 0 Å². The molecule has 5 heteroatoms. The number of carbonyl (C=O) groups is 1. The summed E-state index contributed by atoms with van der Waals surface area (Å²) in [7, 11) is 1.97. The molecule has 20 heavy (non-hydrogen) atoms. The van der Waals surface area contributed by atoms with Gasteiger partial charge in [-0.05, 0) is 23.8 Å². The highest BCUT2D eigenvalue weighted by Crippen LogP contribution is 2.33. The number of aliphatic hydroxyl groups excluding tert-OH is 1. The maximum Gasteiger partial charge on any atom is 0.257 e. The highest BCUT2D eigenvalue weighted by Gasteiger charge is 2.28. The average molecular weight is 269 g/mol. The van der Waals surface area contributed by atoms with E-state index >= 15 is 0 Å². The lowest BCUT2D eigenvalue weighted by atomic mass is 10.1. The molecule has 5 nitrogen and oxygen atoms in total. The summed E-state index contributed by atoms with van der Waals surface area (Å²) in [6.07, 6.45) is 2.52. The van der Waals surface area contributed by atoms with Crippen LogP contribution in [0.25, 0.3) is 0 Å². The summed E-state index contributed by atoms with van der Waals surface area (Å²) in [6.45, 7) is 0.725. The standard InChI is InChI=1S/C15H15N3O2/c1-18(9-10-3-2-6-16-8-10)11-4-5-12-13(7-11)17-15(20)14(12)19/h2-8,14,19H,9H2,1H3,(H,17,20). The van der Waals surface area contributed by atoms with Crippen LogP contribution in [-0.4, -0.2) is 23.0 Å². The van der Waals surface area contributed by atoms with Crippen molar-refractivity contribution < 1.29 is 9.90 Å². The van der Waals surface area contributed by atoms with Crippen LogP contribution in [0.5, 0.6) is 0 Å². The van der Waals surface area contributed by atoms with Gasteiger partial charge in [-0.1, -0.05) is 12.1 Å². The second-order valence-electron chi connectivity index (χ2n) is 4.88. The largest absolute Gasteiger partial charge is 0.378 e. The van der Waals surface area contributed by atoms with Crippen LogP contribution in [0.2, 0.25) is 0 Å². The number of benzene rings is 1. The third-order valence-corrected chi connectivity index (χ3v) is 3.42. The summed E-state index contributed by atoms with van der Waals surface area (Å²) in [5.41, 5.74) is 3.40. The average Bonchev–Trinajstić information content (AvgIpc) is 2.74. The summed E-state index contributed by atoms with van der Waals surface area (Å²) in [5.74, 6) is -0.368. The number of amides is 1. The zero-order chi connectivity index (χ0) is 14.1. The fourth-order valence-electron chi connectivity index (χ4n) is 2.33. The summed E-state index contributed by atoms with van der Waals surface area (Å²) in [6, 6.07) is 9.48. The summed E-state index contributed by atoms with van der Waals surface area (Å²) in [4.78, 5) is 17.6. The molecule has 2 aromatic rings. The van der Waals surface area contributed by atoms with Gasteiger partial charge < -0.3 is 15.3 Å². The molecule has 0 radical (unpaired) electrons. The van der Waals surface area contributed by atoms with Gasteiger partial charge in [-0.3, -0.25) is 9.78 Å². The van der Waals surface area contributed by atoms with E-state index in [-0.39, 0.29) is 5.91 Å². The van der Waals surface area contributed by atoms with Gasteiger partial charge in [0.25, 0.3) is 5.91 Å². The summed E-state index contributed by atoms with van der Waals surface area (Å²) < 4.78 is 0. The number of anilines is 2. The molecule has 0 aliphatic carbocycles. The van der Waals surface area contributed by atoms with E-state index in [1.54, 1.807) is 12.3 Å². The predicted molar refractivity (Wildman–Crippen MR) is 76.4 cm³/mol. The van der Waals surface area contributed by atoms with E-state index in [9.17, 15) is 9.90 Å². The van der Waals surface area contributed by atoms with Crippen molar-refractivity contribution in [3.8, 4) is 0 Å². The molecule has 1 aliphatic heterocycles. The summed E-state index contributed by atoms with van der Waals surface area (Å²) >= 11 is 0. The van der Waals surface area contributed by atoms with Crippen LogP contribution in [0.3, 0.4) is 0 Å². The third kappa shape index (κ3) is 2.23. The van der Waals surface area contributed by atoms with Crippen LogP contribution in [-0.2, 0) is 11.3 Å². The molecule has 1 atom stereocenters. The van der Waals surface area contributed by atoms with Gasteiger partial charge in [0.1, 0.15) is 0 Å². The molecule has 102 valence electrons. The van der Waals surface area contributed by atoms with Gasteiger partial charge in [0.15, 0.2) is 6.10 Å². The molecular formula is C15H15N3O2. The Morgan fingerprint density at radius 2 is 2.25 bits per heavy atom. The zero-order valence-corrected chi connectivity index (χ0v) is 11.1. The maximum absolute atomic E-state index is 11.4. The fraction of sp³-hybridized carbons (Fsp3) is 0.200. The normalized spacial score (nSPS) is 16.7. The van der Waals surface area contributed by atoms with Gasteiger partial charge in [0.2, 0.25) is 0 Å². The summed E-state index contributed by atoms with van der Waals surface area (Å²) in [5, 5.41) is 12.4. The number of pyridine rings is 1. The van der Waals surface area contributed by atoms with Crippen molar-refractivity contribution >= 4 is 17.3 Å². The minimum Gasteiger partial charge on any atom is -0.378 e. The van der Waals surface area contributed by atoms with Crippen molar-refractivity contribution in [3.63, 3.8) is 0 Å². The lowest BCUT2D eigenvalue weighted by Crippen LogP contribution is -2.16. The first kappa shape index (κ1) is 12.6. The molecule has 1 aliphatic rings. The lowest BCUT2D eigenvalue weighted by molar-refractivity contribution is -0.123. The molecule has 2 heterocycles. The van der Waals surface area contributed by atoms with E-state index < -0.39 is 6.10 Å². The van der Waals surface area contributed by atoms with Crippen molar-refractivity contribution in [3.05, 3.63) is 53.9 Å². The Hall–Kier alpha value is -2.40. The van der Waals surface area contributed by atoms with Gasteiger partial charge in [0.05, 0.1) is 0 Å². The number of rotatable bonds is 3. The Bertz CT molecular complexity index is 643. The van der Waals surface area contributed by atoms with Gasteiger partial charge in [-0.2, -0.15) is 0 Å². The number of nitrogens with zero attached hydrogens (tertiary/aromatic N) is 2. The zero-order valence-electron chi connectivity index (χ0n) is 11.1. The molecule has 0 fully saturated rings. The van der Waals surface area contributed by atoms with Crippen molar-refractivity contribution in [2.75, 3.05) is 17.3 Å². The van der Waals surface area contributed by atoms with Crippen LogP contribution < -0.4 is 10.2 Å². The van der Waals surface area contributed by atoms with Crippen LogP contribution in [0, 0.1) is 0 Å². The van der Waals surface area contributed by atoms with Crippen LogP contribution >= 0.6 is 0 Å². The van der Waals surface area contributed by atoms with Crippen LogP contribution in [0.15, 0.2) is 42.7 Å². The van der Waals surface area contributed by atoms with Crippen LogP contribution in [0.1, 0.15) is 17.2 Å². The lowest BCUT2D eigenvalue weighted by Gasteiger charge is -2.20. The maximum atomic E-state index is 11.4.